The summed E-state index contributed by atoms with van der Waals surface area (Å²) in [6.45, 7) is 2.84. The van der Waals surface area contributed by atoms with Crippen molar-refractivity contribution in [1.82, 2.24) is 9.55 Å². The molecule has 2 aromatic carbocycles. The number of fused-ring (bicyclic) bond motifs is 3. The minimum Gasteiger partial charge on any atom is -0.305 e. The third kappa shape index (κ3) is 3.22. The number of rotatable bonds is 1. The highest BCUT2D eigenvalue weighted by atomic mass is 16.2. The van der Waals surface area contributed by atoms with Crippen LogP contribution in [0.1, 0.15) is 60.8 Å². The summed E-state index contributed by atoms with van der Waals surface area (Å²) in [7, 11) is 0. The molecule has 0 radical (unpaired) electrons. The molecular formula is C25H27N3O2. The number of para-hydroxylation sites is 1. The van der Waals surface area contributed by atoms with Crippen molar-refractivity contribution in [3.8, 4) is 0 Å². The third-order valence-corrected chi connectivity index (χ3v) is 6.56. The monoisotopic (exact) mass is 401 g/mol. The van der Waals surface area contributed by atoms with E-state index >= 15 is 0 Å². The van der Waals surface area contributed by atoms with Crippen LogP contribution in [-0.4, -0.2) is 21.5 Å². The van der Waals surface area contributed by atoms with Gasteiger partial charge in [0.2, 0.25) is 0 Å². The van der Waals surface area contributed by atoms with Gasteiger partial charge in [-0.15, -0.1) is 0 Å². The third-order valence-electron chi connectivity index (χ3n) is 6.56. The SMILES string of the molecule is C[C@@H]1CCc2ccccc2N1C(=O)c1ccc2c(=O)n3c(nc2c1)CCCCCC3. The number of carbonyl (C=O) groups is 1. The van der Waals surface area contributed by atoms with E-state index in [2.05, 4.69) is 13.0 Å². The Morgan fingerprint density at radius 3 is 2.77 bits per heavy atom. The summed E-state index contributed by atoms with van der Waals surface area (Å²) in [6.07, 6.45) is 7.17. The van der Waals surface area contributed by atoms with Crippen LogP contribution in [0.25, 0.3) is 10.9 Å². The fourth-order valence-corrected chi connectivity index (χ4v) is 4.86. The molecule has 3 heterocycles. The molecule has 5 nitrogen and oxygen atoms in total. The summed E-state index contributed by atoms with van der Waals surface area (Å²) in [4.78, 5) is 33.3. The van der Waals surface area contributed by atoms with Gasteiger partial charge in [-0.05, 0) is 62.4 Å². The largest absolute Gasteiger partial charge is 0.305 e. The summed E-state index contributed by atoms with van der Waals surface area (Å²) in [5, 5.41) is 0.600. The van der Waals surface area contributed by atoms with Gasteiger partial charge in [-0.25, -0.2) is 4.98 Å². The zero-order valence-electron chi connectivity index (χ0n) is 17.4. The van der Waals surface area contributed by atoms with Crippen LogP contribution in [0.3, 0.4) is 0 Å². The lowest BCUT2D eigenvalue weighted by atomic mass is 9.95. The number of benzene rings is 2. The lowest BCUT2D eigenvalue weighted by Gasteiger charge is -2.35. The van der Waals surface area contributed by atoms with E-state index in [1.807, 2.05) is 33.7 Å². The van der Waals surface area contributed by atoms with Gasteiger partial charge in [0.05, 0.1) is 10.9 Å². The van der Waals surface area contributed by atoms with Gasteiger partial charge in [0.25, 0.3) is 11.5 Å². The second-order valence-corrected chi connectivity index (χ2v) is 8.57. The van der Waals surface area contributed by atoms with Crippen LogP contribution in [0.2, 0.25) is 0 Å². The van der Waals surface area contributed by atoms with Gasteiger partial charge in [-0.1, -0.05) is 31.0 Å². The summed E-state index contributed by atoms with van der Waals surface area (Å²) < 4.78 is 1.84. The van der Waals surface area contributed by atoms with Crippen LogP contribution in [0.5, 0.6) is 0 Å². The Morgan fingerprint density at radius 1 is 1.03 bits per heavy atom. The highest BCUT2D eigenvalue weighted by Gasteiger charge is 2.29. The highest BCUT2D eigenvalue weighted by molar-refractivity contribution is 6.08. The van der Waals surface area contributed by atoms with E-state index in [1.54, 1.807) is 12.1 Å². The normalized spacial score (nSPS) is 19.0. The maximum Gasteiger partial charge on any atom is 0.261 e. The maximum absolute atomic E-state index is 13.5. The molecule has 0 saturated carbocycles. The van der Waals surface area contributed by atoms with Crippen LogP contribution in [0.4, 0.5) is 5.69 Å². The average molecular weight is 402 g/mol. The second kappa shape index (κ2) is 7.71. The van der Waals surface area contributed by atoms with E-state index in [0.29, 0.717) is 16.5 Å². The van der Waals surface area contributed by atoms with Gasteiger partial charge in [0.1, 0.15) is 5.82 Å². The van der Waals surface area contributed by atoms with E-state index in [-0.39, 0.29) is 17.5 Å². The van der Waals surface area contributed by atoms with Crippen LogP contribution in [0.15, 0.2) is 47.3 Å². The molecule has 0 spiro atoms. The number of carbonyl (C=O) groups excluding carboxylic acids is 1. The molecule has 1 aromatic heterocycles. The fraction of sp³-hybridized carbons (Fsp3) is 0.400. The lowest BCUT2D eigenvalue weighted by molar-refractivity contribution is 0.0975. The first kappa shape index (κ1) is 19.0. The van der Waals surface area contributed by atoms with Crippen molar-refractivity contribution in [2.45, 2.75) is 64.5 Å². The number of hydrogen-bond acceptors (Lipinski definition) is 3. The van der Waals surface area contributed by atoms with E-state index in [4.69, 9.17) is 4.98 Å². The number of aryl methyl sites for hydroxylation is 2. The standard InChI is InChI=1S/C25H27N3O2/c1-17-11-12-18-8-5-6-9-22(18)28(17)24(29)19-13-14-20-21(16-19)26-23-10-4-2-3-7-15-27(23)25(20)30/h5-6,8-9,13-14,16-17H,2-4,7,10-12,15H2,1H3/t17-/m1/s1. The highest BCUT2D eigenvalue weighted by Crippen LogP contribution is 2.32. The molecule has 0 N–H and O–H groups in total. The molecule has 154 valence electrons. The van der Waals surface area contributed by atoms with Crippen molar-refractivity contribution in [3.63, 3.8) is 0 Å². The molecule has 30 heavy (non-hydrogen) atoms. The van der Waals surface area contributed by atoms with Gasteiger partial charge in [0.15, 0.2) is 0 Å². The van der Waals surface area contributed by atoms with Crippen molar-refractivity contribution in [2.24, 2.45) is 0 Å². The topological polar surface area (TPSA) is 55.2 Å². The predicted molar refractivity (Wildman–Crippen MR) is 119 cm³/mol. The van der Waals surface area contributed by atoms with E-state index in [9.17, 15) is 9.59 Å². The maximum atomic E-state index is 13.5. The first-order chi connectivity index (χ1) is 14.6. The summed E-state index contributed by atoms with van der Waals surface area (Å²) in [6, 6.07) is 13.6. The molecule has 2 aliphatic heterocycles. The number of anilines is 1. The Kier molecular flexibility index (Phi) is 4.89. The smallest absolute Gasteiger partial charge is 0.261 e. The molecule has 5 rings (SSSR count). The first-order valence-electron chi connectivity index (χ1n) is 11.1. The Morgan fingerprint density at radius 2 is 1.87 bits per heavy atom. The zero-order valence-corrected chi connectivity index (χ0v) is 17.4. The molecule has 0 unspecified atom stereocenters. The first-order valence-corrected chi connectivity index (χ1v) is 11.1. The van der Waals surface area contributed by atoms with Gasteiger partial charge in [-0.3, -0.25) is 14.2 Å². The second-order valence-electron chi connectivity index (χ2n) is 8.57. The Hall–Kier alpha value is -2.95. The Labute approximate surface area is 176 Å². The number of nitrogens with zero attached hydrogens (tertiary/aromatic N) is 3. The van der Waals surface area contributed by atoms with Gasteiger partial charge in [-0.2, -0.15) is 0 Å². The van der Waals surface area contributed by atoms with Crippen LogP contribution < -0.4 is 10.5 Å². The number of hydrogen-bond donors (Lipinski definition) is 0. The lowest BCUT2D eigenvalue weighted by Crippen LogP contribution is -2.42. The molecule has 2 aliphatic rings. The average Bonchev–Trinajstić information content (AvgIpc) is 2.74. The Bertz CT molecular complexity index is 1180. The number of amides is 1. The Balaban J connectivity index is 1.58. The van der Waals surface area contributed by atoms with Gasteiger partial charge < -0.3 is 4.90 Å². The minimum atomic E-state index is -0.0230. The van der Waals surface area contributed by atoms with Crippen LogP contribution >= 0.6 is 0 Å². The summed E-state index contributed by atoms with van der Waals surface area (Å²) in [5.74, 6) is 0.832. The van der Waals surface area contributed by atoms with Gasteiger partial charge in [0, 0.05) is 30.3 Å². The quantitative estimate of drug-likeness (QED) is 0.603. The van der Waals surface area contributed by atoms with Crippen molar-refractivity contribution < 1.29 is 4.79 Å². The summed E-state index contributed by atoms with van der Waals surface area (Å²) in [5.41, 5.74) is 3.45. The fourth-order valence-electron chi connectivity index (χ4n) is 4.86. The molecule has 0 aliphatic carbocycles. The molecule has 1 atom stereocenters. The van der Waals surface area contributed by atoms with E-state index in [0.717, 1.165) is 56.6 Å². The minimum absolute atomic E-state index is 0.0209. The molecule has 0 fully saturated rings. The van der Waals surface area contributed by atoms with Crippen LogP contribution in [-0.2, 0) is 19.4 Å². The zero-order chi connectivity index (χ0) is 20.7. The predicted octanol–water partition coefficient (Wildman–Crippen LogP) is 4.49. The van der Waals surface area contributed by atoms with Crippen LogP contribution in [0, 0.1) is 0 Å². The van der Waals surface area contributed by atoms with Crippen molar-refractivity contribution >= 4 is 22.5 Å². The van der Waals surface area contributed by atoms with E-state index < -0.39 is 0 Å². The van der Waals surface area contributed by atoms with Gasteiger partial charge >= 0.3 is 0 Å². The molecule has 5 heteroatoms. The van der Waals surface area contributed by atoms with Crippen molar-refractivity contribution in [3.05, 3.63) is 69.8 Å². The molecular weight excluding hydrogens is 374 g/mol. The number of aromatic nitrogens is 2. The molecule has 0 bridgehead atoms. The van der Waals surface area contributed by atoms with Crippen molar-refractivity contribution in [2.75, 3.05) is 4.90 Å². The summed E-state index contributed by atoms with van der Waals surface area (Å²) >= 11 is 0. The van der Waals surface area contributed by atoms with E-state index in [1.165, 1.54) is 12.0 Å². The molecule has 1 amide bonds. The van der Waals surface area contributed by atoms with Crippen molar-refractivity contribution in [1.29, 1.82) is 0 Å². The molecule has 3 aromatic rings. The molecule has 0 saturated heterocycles.